The molecule has 0 radical (unpaired) electrons. The largest absolute Gasteiger partial charge is 0.493 e. The lowest BCUT2D eigenvalue weighted by molar-refractivity contribution is -0.385. The summed E-state index contributed by atoms with van der Waals surface area (Å²) in [5.41, 5.74) is 3.23. The van der Waals surface area contributed by atoms with Crippen LogP contribution in [0, 0.1) is 10.1 Å². The number of rotatable bonds is 7. The summed E-state index contributed by atoms with van der Waals surface area (Å²) in [6.07, 6.45) is 1.28. The van der Waals surface area contributed by atoms with Gasteiger partial charge in [0.1, 0.15) is 0 Å². The third-order valence-electron chi connectivity index (χ3n) is 3.44. The number of para-hydroxylation sites is 1. The van der Waals surface area contributed by atoms with Gasteiger partial charge in [-0.25, -0.2) is 5.43 Å². The number of nitro benzene ring substituents is 1. The van der Waals surface area contributed by atoms with Crippen LogP contribution in [0.5, 0.6) is 11.5 Å². The molecule has 0 fully saturated rings. The molecule has 0 aromatic heterocycles. The molecule has 0 aliphatic carbocycles. The van der Waals surface area contributed by atoms with Crippen LogP contribution in [-0.4, -0.2) is 31.3 Å². The van der Waals surface area contributed by atoms with Crippen molar-refractivity contribution in [3.8, 4) is 11.5 Å². The number of ether oxygens (including phenoxy) is 2. The molecule has 136 valence electrons. The second kappa shape index (κ2) is 8.95. The van der Waals surface area contributed by atoms with Crippen molar-refractivity contribution >= 4 is 33.7 Å². The van der Waals surface area contributed by atoms with Gasteiger partial charge in [-0.15, -0.1) is 0 Å². The highest BCUT2D eigenvalue weighted by Crippen LogP contribution is 2.32. The SMILES string of the molecule is COc1cc(Br)c(/C=N/NC(=O)Cc2ccccc2[N+](=O)[O-])cc1OC. The van der Waals surface area contributed by atoms with Crippen LogP contribution in [0.15, 0.2) is 46.0 Å². The van der Waals surface area contributed by atoms with Crippen LogP contribution in [-0.2, 0) is 11.2 Å². The molecule has 0 aliphatic heterocycles. The van der Waals surface area contributed by atoms with E-state index in [4.69, 9.17) is 9.47 Å². The van der Waals surface area contributed by atoms with Gasteiger partial charge in [0.15, 0.2) is 11.5 Å². The van der Waals surface area contributed by atoms with Crippen LogP contribution < -0.4 is 14.9 Å². The number of nitro groups is 1. The topological polar surface area (TPSA) is 103 Å². The van der Waals surface area contributed by atoms with E-state index in [1.807, 2.05) is 0 Å². The Morgan fingerprint density at radius 3 is 2.58 bits per heavy atom. The fourth-order valence-corrected chi connectivity index (χ4v) is 2.62. The van der Waals surface area contributed by atoms with Gasteiger partial charge in [0.05, 0.1) is 31.8 Å². The number of nitrogens with zero attached hydrogens (tertiary/aromatic N) is 2. The summed E-state index contributed by atoms with van der Waals surface area (Å²) >= 11 is 3.38. The summed E-state index contributed by atoms with van der Waals surface area (Å²) < 4.78 is 11.1. The Morgan fingerprint density at radius 1 is 1.27 bits per heavy atom. The molecule has 2 aromatic rings. The first-order valence-corrected chi connectivity index (χ1v) is 8.21. The molecule has 9 heteroatoms. The molecule has 1 N–H and O–H groups in total. The molecule has 0 aliphatic rings. The zero-order valence-electron chi connectivity index (χ0n) is 14.1. The highest BCUT2D eigenvalue weighted by atomic mass is 79.9. The Hall–Kier alpha value is -2.94. The van der Waals surface area contributed by atoms with Crippen LogP contribution in [0.2, 0.25) is 0 Å². The number of carbonyl (C=O) groups is 1. The number of hydrazone groups is 1. The number of carbonyl (C=O) groups excluding carboxylic acids is 1. The van der Waals surface area contributed by atoms with Gasteiger partial charge >= 0.3 is 0 Å². The minimum atomic E-state index is -0.521. The molecule has 0 saturated carbocycles. The van der Waals surface area contributed by atoms with Gasteiger partial charge in [-0.1, -0.05) is 18.2 Å². The van der Waals surface area contributed by atoms with Gasteiger partial charge in [0.2, 0.25) is 5.91 Å². The summed E-state index contributed by atoms with van der Waals surface area (Å²) in [5.74, 6) is 0.604. The van der Waals surface area contributed by atoms with Crippen molar-refractivity contribution in [1.29, 1.82) is 0 Å². The highest BCUT2D eigenvalue weighted by molar-refractivity contribution is 9.10. The maximum atomic E-state index is 12.0. The zero-order valence-corrected chi connectivity index (χ0v) is 15.6. The van der Waals surface area contributed by atoms with E-state index < -0.39 is 10.8 Å². The van der Waals surface area contributed by atoms with Crippen LogP contribution in [0.1, 0.15) is 11.1 Å². The molecule has 0 bridgehead atoms. The Balaban J connectivity index is 2.07. The normalized spacial score (nSPS) is 10.6. The molecule has 0 heterocycles. The van der Waals surface area contributed by atoms with Gasteiger partial charge in [-0.3, -0.25) is 14.9 Å². The van der Waals surface area contributed by atoms with Crippen molar-refractivity contribution in [2.45, 2.75) is 6.42 Å². The fraction of sp³-hybridized carbons (Fsp3) is 0.176. The van der Waals surface area contributed by atoms with Crippen LogP contribution in [0.25, 0.3) is 0 Å². The monoisotopic (exact) mass is 421 g/mol. The third-order valence-corrected chi connectivity index (χ3v) is 4.12. The van der Waals surface area contributed by atoms with E-state index in [0.29, 0.717) is 27.1 Å². The summed E-state index contributed by atoms with van der Waals surface area (Å²) in [6, 6.07) is 9.49. The van der Waals surface area contributed by atoms with E-state index >= 15 is 0 Å². The second-order valence-corrected chi connectivity index (χ2v) is 5.94. The minimum Gasteiger partial charge on any atom is -0.493 e. The second-order valence-electron chi connectivity index (χ2n) is 5.08. The van der Waals surface area contributed by atoms with Crippen LogP contribution >= 0.6 is 15.9 Å². The van der Waals surface area contributed by atoms with Crippen LogP contribution in [0.3, 0.4) is 0 Å². The third kappa shape index (κ3) is 4.79. The standard InChI is InChI=1S/C17H16BrN3O5/c1-25-15-7-12(13(18)9-16(15)26-2)10-19-20-17(22)8-11-5-3-4-6-14(11)21(23)24/h3-7,9-10H,8H2,1-2H3,(H,20,22)/b19-10+. The lowest BCUT2D eigenvalue weighted by atomic mass is 10.1. The molecular weight excluding hydrogens is 406 g/mol. The van der Waals surface area contributed by atoms with E-state index in [2.05, 4.69) is 26.5 Å². The molecule has 2 rings (SSSR count). The number of methoxy groups -OCH3 is 2. The average Bonchev–Trinajstić information content (AvgIpc) is 2.62. The number of halogens is 1. The van der Waals surface area contributed by atoms with E-state index in [-0.39, 0.29) is 12.1 Å². The van der Waals surface area contributed by atoms with Crippen molar-refractivity contribution in [2.75, 3.05) is 14.2 Å². The first-order chi connectivity index (χ1) is 12.5. The average molecular weight is 422 g/mol. The van der Waals surface area contributed by atoms with E-state index in [1.165, 1.54) is 32.6 Å². The lowest BCUT2D eigenvalue weighted by Gasteiger charge is -2.09. The Bertz CT molecular complexity index is 854. The van der Waals surface area contributed by atoms with Crippen molar-refractivity contribution in [3.05, 3.63) is 62.1 Å². The van der Waals surface area contributed by atoms with Gasteiger partial charge in [-0.2, -0.15) is 5.10 Å². The molecule has 26 heavy (non-hydrogen) atoms. The maximum absolute atomic E-state index is 12.0. The number of nitrogens with one attached hydrogen (secondary N) is 1. The molecule has 0 unspecified atom stereocenters. The summed E-state index contributed by atoms with van der Waals surface area (Å²) in [7, 11) is 3.04. The minimum absolute atomic E-state index is 0.103. The Labute approximate surface area is 158 Å². The van der Waals surface area contributed by atoms with Crippen molar-refractivity contribution in [3.63, 3.8) is 0 Å². The van der Waals surface area contributed by atoms with Crippen molar-refractivity contribution in [1.82, 2.24) is 5.43 Å². The van der Waals surface area contributed by atoms with Gasteiger partial charge in [0, 0.05) is 21.7 Å². The van der Waals surface area contributed by atoms with Gasteiger partial charge in [-0.05, 0) is 28.1 Å². The number of hydrogen-bond donors (Lipinski definition) is 1. The molecule has 0 atom stereocenters. The molecule has 0 saturated heterocycles. The summed E-state index contributed by atoms with van der Waals surface area (Å²) in [5, 5.41) is 14.9. The van der Waals surface area contributed by atoms with Gasteiger partial charge in [0.25, 0.3) is 5.69 Å². The molecule has 8 nitrogen and oxygen atoms in total. The Morgan fingerprint density at radius 2 is 1.92 bits per heavy atom. The zero-order chi connectivity index (χ0) is 19.1. The van der Waals surface area contributed by atoms with Gasteiger partial charge < -0.3 is 9.47 Å². The Kier molecular flexibility index (Phi) is 6.67. The lowest BCUT2D eigenvalue weighted by Crippen LogP contribution is -2.20. The number of benzene rings is 2. The number of amides is 1. The highest BCUT2D eigenvalue weighted by Gasteiger charge is 2.15. The van der Waals surface area contributed by atoms with E-state index in [0.717, 1.165) is 0 Å². The quantitative estimate of drug-likeness (QED) is 0.420. The first kappa shape index (κ1) is 19.4. The smallest absolute Gasteiger partial charge is 0.273 e. The summed E-state index contributed by atoms with van der Waals surface area (Å²) in [4.78, 5) is 22.4. The van der Waals surface area contributed by atoms with Crippen molar-refractivity contribution < 1.29 is 19.2 Å². The first-order valence-electron chi connectivity index (χ1n) is 7.42. The fourth-order valence-electron chi connectivity index (χ4n) is 2.19. The molecular formula is C17H16BrN3O5. The molecule has 1 amide bonds. The van der Waals surface area contributed by atoms with E-state index in [9.17, 15) is 14.9 Å². The molecule has 0 spiro atoms. The summed E-state index contributed by atoms with van der Waals surface area (Å²) in [6.45, 7) is 0. The predicted octanol–water partition coefficient (Wildman–Crippen LogP) is 3.07. The van der Waals surface area contributed by atoms with E-state index in [1.54, 1.807) is 24.3 Å². The molecule has 2 aromatic carbocycles. The predicted molar refractivity (Wildman–Crippen MR) is 99.8 cm³/mol. The number of hydrogen-bond acceptors (Lipinski definition) is 6. The van der Waals surface area contributed by atoms with Crippen LogP contribution in [0.4, 0.5) is 5.69 Å². The van der Waals surface area contributed by atoms with Crippen molar-refractivity contribution in [2.24, 2.45) is 5.10 Å². The maximum Gasteiger partial charge on any atom is 0.273 e.